The fourth-order valence-corrected chi connectivity index (χ4v) is 2.46. The first kappa shape index (κ1) is 15.0. The number of alkyl halides is 2. The monoisotopic (exact) mass is 293 g/mol. The van der Waals surface area contributed by atoms with Crippen molar-refractivity contribution >= 4 is 11.8 Å². The molecule has 0 amide bonds. The Morgan fingerprint density at radius 3 is 1.85 bits per heavy atom. The molecule has 0 aliphatic rings. The van der Waals surface area contributed by atoms with Gasteiger partial charge in [0, 0.05) is 10.9 Å². The van der Waals surface area contributed by atoms with Crippen LogP contribution in [0.5, 0.6) is 0 Å². The van der Waals surface area contributed by atoms with Crippen molar-refractivity contribution in [3.8, 4) is 11.1 Å². The predicted octanol–water partition coefficient (Wildman–Crippen LogP) is 4.95. The second kappa shape index (κ2) is 6.86. The molecule has 0 aliphatic carbocycles. The van der Waals surface area contributed by atoms with Crippen molar-refractivity contribution in [1.29, 1.82) is 0 Å². The lowest BCUT2D eigenvalue weighted by Gasteiger charge is -2.11. The van der Waals surface area contributed by atoms with Gasteiger partial charge in [0.15, 0.2) is 0 Å². The molecule has 2 aromatic carbocycles. The van der Waals surface area contributed by atoms with Gasteiger partial charge in [0.1, 0.15) is 0 Å². The molecule has 0 fully saturated rings. The number of nitrogens with one attached hydrogen (secondary N) is 1. The number of halogens is 2. The molecule has 1 nitrogen and oxygen atoms in total. The number of hydrogen-bond donors (Lipinski definition) is 1. The first-order valence-electron chi connectivity index (χ1n) is 6.42. The van der Waals surface area contributed by atoms with E-state index >= 15 is 0 Å². The van der Waals surface area contributed by atoms with Gasteiger partial charge in [0.2, 0.25) is 0 Å². The van der Waals surface area contributed by atoms with Crippen molar-refractivity contribution in [1.82, 2.24) is 5.32 Å². The summed E-state index contributed by atoms with van der Waals surface area (Å²) in [5.74, 6) is -2.37. The molecule has 4 heteroatoms. The van der Waals surface area contributed by atoms with Crippen LogP contribution in [0.2, 0.25) is 0 Å². The van der Waals surface area contributed by atoms with Gasteiger partial charge in [-0.05, 0) is 42.8 Å². The minimum atomic E-state index is -2.37. The molecule has 0 saturated carbocycles. The van der Waals surface area contributed by atoms with E-state index in [-0.39, 0.29) is 0 Å². The van der Waals surface area contributed by atoms with Crippen LogP contribution in [0.3, 0.4) is 0 Å². The summed E-state index contributed by atoms with van der Waals surface area (Å²) in [5, 5.41) is 3.19. The topological polar surface area (TPSA) is 12.0 Å². The van der Waals surface area contributed by atoms with Crippen molar-refractivity contribution in [2.45, 2.75) is 23.6 Å². The van der Waals surface area contributed by atoms with E-state index in [1.54, 1.807) is 12.1 Å². The maximum absolute atomic E-state index is 12.3. The number of thioether (sulfide) groups is 1. The molecule has 0 saturated heterocycles. The van der Waals surface area contributed by atoms with E-state index in [1.807, 2.05) is 19.2 Å². The van der Waals surface area contributed by atoms with Gasteiger partial charge in [0.25, 0.3) is 5.76 Å². The van der Waals surface area contributed by atoms with Crippen molar-refractivity contribution in [2.24, 2.45) is 0 Å². The van der Waals surface area contributed by atoms with Gasteiger partial charge >= 0.3 is 0 Å². The Morgan fingerprint density at radius 1 is 0.900 bits per heavy atom. The average molecular weight is 293 g/mol. The summed E-state index contributed by atoms with van der Waals surface area (Å²) in [4.78, 5) is 0.587. The summed E-state index contributed by atoms with van der Waals surface area (Å²) in [5.41, 5.74) is 3.35. The second-order valence-electron chi connectivity index (χ2n) is 4.54. The lowest BCUT2D eigenvalue weighted by molar-refractivity contribution is 0.252. The van der Waals surface area contributed by atoms with Crippen LogP contribution < -0.4 is 5.32 Å². The van der Waals surface area contributed by atoms with Crippen LogP contribution in [-0.4, -0.2) is 12.8 Å². The summed E-state index contributed by atoms with van der Waals surface area (Å²) < 4.78 is 24.5. The van der Waals surface area contributed by atoms with Crippen LogP contribution in [0.1, 0.15) is 18.5 Å². The molecule has 1 N–H and O–H groups in total. The van der Waals surface area contributed by atoms with Crippen molar-refractivity contribution in [2.75, 3.05) is 7.05 Å². The Kier molecular flexibility index (Phi) is 5.15. The third kappa shape index (κ3) is 3.81. The highest BCUT2D eigenvalue weighted by molar-refractivity contribution is 7.99. The van der Waals surface area contributed by atoms with Gasteiger partial charge in [-0.15, -0.1) is 0 Å². The molecule has 0 bridgehead atoms. The first-order valence-corrected chi connectivity index (χ1v) is 7.30. The minimum Gasteiger partial charge on any atom is -0.313 e. The Hall–Kier alpha value is -1.39. The molecule has 0 spiro atoms. The molecule has 0 heterocycles. The summed E-state index contributed by atoms with van der Waals surface area (Å²) in [6, 6.07) is 15.8. The van der Waals surface area contributed by atoms with Gasteiger partial charge in [-0.2, -0.15) is 8.78 Å². The molecule has 1 unspecified atom stereocenters. The lowest BCUT2D eigenvalue weighted by Crippen LogP contribution is -2.11. The van der Waals surface area contributed by atoms with E-state index < -0.39 is 5.76 Å². The van der Waals surface area contributed by atoms with Crippen molar-refractivity contribution < 1.29 is 8.78 Å². The number of hydrogen-bond acceptors (Lipinski definition) is 2. The minimum absolute atomic E-state index is 0.314. The molecule has 2 rings (SSSR count). The molecule has 0 aromatic heterocycles. The third-order valence-corrected chi connectivity index (χ3v) is 3.98. The zero-order valence-electron chi connectivity index (χ0n) is 11.4. The zero-order valence-corrected chi connectivity index (χ0v) is 12.3. The van der Waals surface area contributed by atoms with Crippen LogP contribution in [0.15, 0.2) is 53.4 Å². The maximum Gasteiger partial charge on any atom is 0.288 e. The van der Waals surface area contributed by atoms with E-state index in [4.69, 9.17) is 0 Å². The summed E-state index contributed by atoms with van der Waals surface area (Å²) in [6.07, 6.45) is 0. The standard InChI is InChI=1S/C16H17F2NS/c1-11(19-2)12-3-5-13(6-4-12)14-7-9-15(10-8-14)20-16(17)18/h3-11,16,19H,1-2H3. The first-order chi connectivity index (χ1) is 9.60. The van der Waals surface area contributed by atoms with Gasteiger partial charge in [-0.1, -0.05) is 48.2 Å². The Bertz CT molecular complexity index is 537. The lowest BCUT2D eigenvalue weighted by atomic mass is 10.0. The zero-order chi connectivity index (χ0) is 14.5. The van der Waals surface area contributed by atoms with Crippen molar-refractivity contribution in [3.63, 3.8) is 0 Å². The van der Waals surface area contributed by atoms with E-state index in [9.17, 15) is 8.78 Å². The number of benzene rings is 2. The maximum atomic E-state index is 12.3. The largest absolute Gasteiger partial charge is 0.313 e. The molecule has 0 aliphatic heterocycles. The highest BCUT2D eigenvalue weighted by atomic mass is 32.2. The Morgan fingerprint density at radius 2 is 1.40 bits per heavy atom. The molecule has 106 valence electrons. The van der Waals surface area contributed by atoms with Gasteiger partial charge in [0.05, 0.1) is 0 Å². The van der Waals surface area contributed by atoms with Crippen LogP contribution >= 0.6 is 11.8 Å². The molecule has 2 aromatic rings. The quantitative estimate of drug-likeness (QED) is 0.783. The predicted molar refractivity (Wildman–Crippen MR) is 81.2 cm³/mol. The van der Waals surface area contributed by atoms with Crippen LogP contribution in [-0.2, 0) is 0 Å². The van der Waals surface area contributed by atoms with Crippen molar-refractivity contribution in [3.05, 3.63) is 54.1 Å². The smallest absolute Gasteiger partial charge is 0.288 e. The molecule has 1 atom stereocenters. The van der Waals surface area contributed by atoms with Gasteiger partial charge < -0.3 is 5.32 Å². The molecular weight excluding hydrogens is 276 g/mol. The SMILES string of the molecule is CNC(C)c1ccc(-c2ccc(SC(F)F)cc2)cc1. The summed E-state index contributed by atoms with van der Waals surface area (Å²) >= 11 is 0.570. The fourth-order valence-electron chi connectivity index (χ4n) is 1.96. The second-order valence-corrected chi connectivity index (χ2v) is 5.60. The third-order valence-electron chi connectivity index (χ3n) is 3.26. The molecule has 0 radical (unpaired) electrons. The normalized spacial score (nSPS) is 12.7. The Balaban J connectivity index is 2.15. The average Bonchev–Trinajstić information content (AvgIpc) is 2.47. The van der Waals surface area contributed by atoms with E-state index in [0.717, 1.165) is 11.1 Å². The van der Waals surface area contributed by atoms with Crippen LogP contribution in [0.4, 0.5) is 8.78 Å². The van der Waals surface area contributed by atoms with Gasteiger partial charge in [-0.25, -0.2) is 0 Å². The highest BCUT2D eigenvalue weighted by Gasteiger charge is 2.06. The van der Waals surface area contributed by atoms with Gasteiger partial charge in [-0.3, -0.25) is 0 Å². The Labute approximate surface area is 122 Å². The van der Waals surface area contributed by atoms with Crippen LogP contribution in [0.25, 0.3) is 11.1 Å². The van der Waals surface area contributed by atoms with E-state index in [1.165, 1.54) is 5.56 Å². The molecular formula is C16H17F2NS. The van der Waals surface area contributed by atoms with E-state index in [2.05, 4.69) is 36.5 Å². The number of rotatable bonds is 5. The summed E-state index contributed by atoms with van der Waals surface area (Å²) in [7, 11) is 1.93. The summed E-state index contributed by atoms with van der Waals surface area (Å²) in [6.45, 7) is 2.10. The fraction of sp³-hybridized carbons (Fsp3) is 0.250. The highest BCUT2D eigenvalue weighted by Crippen LogP contribution is 2.28. The molecule has 20 heavy (non-hydrogen) atoms. The van der Waals surface area contributed by atoms with Crippen LogP contribution in [0, 0.1) is 0 Å². The van der Waals surface area contributed by atoms with E-state index in [0.29, 0.717) is 22.7 Å².